The lowest BCUT2D eigenvalue weighted by Gasteiger charge is -2.07. The van der Waals surface area contributed by atoms with Crippen molar-refractivity contribution in [3.8, 4) is 0 Å². The molecule has 5 heteroatoms. The highest BCUT2D eigenvalue weighted by atomic mass is 15.1. The van der Waals surface area contributed by atoms with E-state index in [0.29, 0.717) is 12.4 Å². The van der Waals surface area contributed by atoms with Gasteiger partial charge in [-0.2, -0.15) is 5.10 Å². The van der Waals surface area contributed by atoms with Gasteiger partial charge in [0.05, 0.1) is 6.20 Å². The third kappa shape index (κ3) is 2.07. The summed E-state index contributed by atoms with van der Waals surface area (Å²) in [5.41, 5.74) is 8.81. The van der Waals surface area contributed by atoms with E-state index >= 15 is 0 Å². The van der Waals surface area contributed by atoms with Crippen LogP contribution < -0.4 is 11.1 Å². The zero-order chi connectivity index (χ0) is 10.7. The summed E-state index contributed by atoms with van der Waals surface area (Å²) in [7, 11) is 0. The van der Waals surface area contributed by atoms with E-state index in [1.54, 1.807) is 12.4 Å². The number of hydrogen-bond acceptors (Lipinski definition) is 4. The number of aromatic nitrogens is 3. The summed E-state index contributed by atoms with van der Waals surface area (Å²) in [6.07, 6.45) is 5.30. The minimum absolute atomic E-state index is 0.606. The molecule has 2 heterocycles. The highest BCUT2D eigenvalue weighted by Gasteiger charge is 2.01. The van der Waals surface area contributed by atoms with Crippen LogP contribution in [0, 0.1) is 6.92 Å². The number of nitrogen functional groups attached to an aromatic ring is 1. The summed E-state index contributed by atoms with van der Waals surface area (Å²) in [5.74, 6) is 0.606. The monoisotopic (exact) mass is 203 g/mol. The molecule has 0 saturated heterocycles. The van der Waals surface area contributed by atoms with E-state index in [0.717, 1.165) is 16.8 Å². The molecule has 0 aliphatic rings. The van der Waals surface area contributed by atoms with Crippen LogP contribution >= 0.6 is 0 Å². The molecule has 0 amide bonds. The first-order valence-corrected chi connectivity index (χ1v) is 4.69. The van der Waals surface area contributed by atoms with Crippen LogP contribution in [0.15, 0.2) is 24.7 Å². The van der Waals surface area contributed by atoms with Gasteiger partial charge >= 0.3 is 0 Å². The van der Waals surface area contributed by atoms with E-state index in [9.17, 15) is 0 Å². The third-order valence-electron chi connectivity index (χ3n) is 2.24. The van der Waals surface area contributed by atoms with Gasteiger partial charge in [-0.1, -0.05) is 0 Å². The van der Waals surface area contributed by atoms with E-state index in [1.807, 2.05) is 19.2 Å². The van der Waals surface area contributed by atoms with Crippen LogP contribution in [0.25, 0.3) is 0 Å². The third-order valence-corrected chi connectivity index (χ3v) is 2.24. The SMILES string of the molecule is Cc1cnccc1NCc1cn[nH]c1N. The van der Waals surface area contributed by atoms with E-state index in [-0.39, 0.29) is 0 Å². The number of aromatic amines is 1. The number of nitrogens with one attached hydrogen (secondary N) is 2. The van der Waals surface area contributed by atoms with Gasteiger partial charge in [0.25, 0.3) is 0 Å². The molecule has 78 valence electrons. The lowest BCUT2D eigenvalue weighted by atomic mass is 10.2. The Labute approximate surface area is 87.7 Å². The molecule has 0 radical (unpaired) electrons. The van der Waals surface area contributed by atoms with Crippen molar-refractivity contribution < 1.29 is 0 Å². The molecule has 0 atom stereocenters. The molecule has 2 aromatic heterocycles. The molecule has 5 nitrogen and oxygen atoms in total. The topological polar surface area (TPSA) is 79.6 Å². The maximum atomic E-state index is 5.67. The predicted molar refractivity (Wildman–Crippen MR) is 59.3 cm³/mol. The van der Waals surface area contributed by atoms with Gasteiger partial charge in [-0.3, -0.25) is 10.1 Å². The van der Waals surface area contributed by atoms with Crippen LogP contribution in [0.1, 0.15) is 11.1 Å². The fourth-order valence-corrected chi connectivity index (χ4v) is 1.32. The van der Waals surface area contributed by atoms with Gasteiger partial charge in [0.1, 0.15) is 5.82 Å². The lowest BCUT2D eigenvalue weighted by molar-refractivity contribution is 1.10. The zero-order valence-electron chi connectivity index (χ0n) is 8.49. The normalized spacial score (nSPS) is 10.2. The fraction of sp³-hybridized carbons (Fsp3) is 0.200. The van der Waals surface area contributed by atoms with Gasteiger partial charge in [0.15, 0.2) is 0 Å². The summed E-state index contributed by atoms with van der Waals surface area (Å²) in [6, 6.07) is 1.94. The Bertz CT molecular complexity index is 449. The Kier molecular flexibility index (Phi) is 2.53. The largest absolute Gasteiger partial charge is 0.384 e. The van der Waals surface area contributed by atoms with Crippen molar-refractivity contribution in [3.05, 3.63) is 35.8 Å². The summed E-state index contributed by atoms with van der Waals surface area (Å²) >= 11 is 0. The van der Waals surface area contributed by atoms with Gasteiger partial charge in [-0.25, -0.2) is 0 Å². The number of nitrogens with two attached hydrogens (primary N) is 1. The van der Waals surface area contributed by atoms with E-state index in [1.165, 1.54) is 0 Å². The Morgan fingerprint density at radius 3 is 3.00 bits per heavy atom. The van der Waals surface area contributed by atoms with Crippen LogP contribution in [0.5, 0.6) is 0 Å². The van der Waals surface area contributed by atoms with Crippen molar-refractivity contribution in [2.75, 3.05) is 11.1 Å². The first kappa shape index (κ1) is 9.51. The second-order valence-electron chi connectivity index (χ2n) is 3.35. The molecule has 0 aromatic carbocycles. The van der Waals surface area contributed by atoms with Crippen molar-refractivity contribution >= 4 is 11.5 Å². The van der Waals surface area contributed by atoms with Crippen LogP contribution in [0.4, 0.5) is 11.5 Å². The van der Waals surface area contributed by atoms with Crippen LogP contribution in [0.3, 0.4) is 0 Å². The molecular formula is C10H13N5. The molecule has 2 rings (SSSR count). The molecule has 0 spiro atoms. The van der Waals surface area contributed by atoms with Crippen molar-refractivity contribution in [2.45, 2.75) is 13.5 Å². The molecule has 0 aliphatic heterocycles. The number of aryl methyl sites for hydroxylation is 1. The first-order chi connectivity index (χ1) is 7.27. The molecule has 0 unspecified atom stereocenters. The molecule has 0 fully saturated rings. The summed E-state index contributed by atoms with van der Waals surface area (Å²) in [5, 5.41) is 9.83. The average molecular weight is 203 g/mol. The Hall–Kier alpha value is -2.04. The Morgan fingerprint density at radius 2 is 2.33 bits per heavy atom. The molecular weight excluding hydrogens is 190 g/mol. The van der Waals surface area contributed by atoms with Crippen molar-refractivity contribution in [1.29, 1.82) is 0 Å². The average Bonchev–Trinajstić information content (AvgIpc) is 2.63. The number of pyridine rings is 1. The smallest absolute Gasteiger partial charge is 0.123 e. The van der Waals surface area contributed by atoms with Crippen LogP contribution in [0.2, 0.25) is 0 Å². The number of H-pyrrole nitrogens is 1. The van der Waals surface area contributed by atoms with E-state index in [4.69, 9.17) is 5.73 Å². The minimum Gasteiger partial charge on any atom is -0.384 e. The second-order valence-corrected chi connectivity index (χ2v) is 3.35. The molecule has 4 N–H and O–H groups in total. The molecule has 0 bridgehead atoms. The summed E-state index contributed by atoms with van der Waals surface area (Å²) in [6.45, 7) is 2.67. The molecule has 0 saturated carbocycles. The number of nitrogens with zero attached hydrogens (tertiary/aromatic N) is 2. The van der Waals surface area contributed by atoms with Gasteiger partial charge in [0, 0.05) is 30.2 Å². The van der Waals surface area contributed by atoms with Gasteiger partial charge in [0.2, 0.25) is 0 Å². The Morgan fingerprint density at radius 1 is 1.47 bits per heavy atom. The quantitative estimate of drug-likeness (QED) is 0.702. The minimum atomic E-state index is 0.606. The maximum absolute atomic E-state index is 5.67. The highest BCUT2D eigenvalue weighted by molar-refractivity contribution is 5.50. The van der Waals surface area contributed by atoms with Crippen LogP contribution in [-0.4, -0.2) is 15.2 Å². The van der Waals surface area contributed by atoms with Crippen LogP contribution in [-0.2, 0) is 6.54 Å². The zero-order valence-corrected chi connectivity index (χ0v) is 8.49. The number of anilines is 2. The predicted octanol–water partition coefficient (Wildman–Crippen LogP) is 1.31. The number of hydrogen-bond donors (Lipinski definition) is 3. The van der Waals surface area contributed by atoms with Crippen molar-refractivity contribution in [1.82, 2.24) is 15.2 Å². The van der Waals surface area contributed by atoms with Gasteiger partial charge < -0.3 is 11.1 Å². The molecule has 0 aliphatic carbocycles. The van der Waals surface area contributed by atoms with E-state index < -0.39 is 0 Å². The maximum Gasteiger partial charge on any atom is 0.123 e. The number of rotatable bonds is 3. The Balaban J connectivity index is 2.06. The lowest BCUT2D eigenvalue weighted by Crippen LogP contribution is -2.02. The second kappa shape index (κ2) is 4.00. The molecule has 15 heavy (non-hydrogen) atoms. The molecule has 2 aromatic rings. The summed E-state index contributed by atoms with van der Waals surface area (Å²) in [4.78, 5) is 4.02. The van der Waals surface area contributed by atoms with Gasteiger partial charge in [-0.05, 0) is 18.6 Å². The summed E-state index contributed by atoms with van der Waals surface area (Å²) < 4.78 is 0. The van der Waals surface area contributed by atoms with Crippen molar-refractivity contribution in [3.63, 3.8) is 0 Å². The first-order valence-electron chi connectivity index (χ1n) is 4.69. The standard InChI is InChI=1S/C10H13N5/c1-7-4-12-3-2-9(7)13-5-8-6-14-15-10(8)11/h2-4,6H,5H2,1H3,(H,12,13)(H3,11,14,15). The highest BCUT2D eigenvalue weighted by Crippen LogP contribution is 2.14. The van der Waals surface area contributed by atoms with Crippen molar-refractivity contribution in [2.24, 2.45) is 0 Å². The van der Waals surface area contributed by atoms with Gasteiger partial charge in [-0.15, -0.1) is 0 Å². The van der Waals surface area contributed by atoms with E-state index in [2.05, 4.69) is 20.5 Å². The fourth-order valence-electron chi connectivity index (χ4n) is 1.32.